The van der Waals surface area contributed by atoms with Crippen molar-refractivity contribution < 1.29 is 4.79 Å². The lowest BCUT2D eigenvalue weighted by atomic mass is 10.2. The molecule has 1 aromatic rings. The van der Waals surface area contributed by atoms with E-state index in [4.69, 9.17) is 5.73 Å². The van der Waals surface area contributed by atoms with Gasteiger partial charge in [-0.05, 0) is 34.5 Å². The van der Waals surface area contributed by atoms with Gasteiger partial charge < -0.3 is 15.5 Å². The molecule has 108 valence electrons. The van der Waals surface area contributed by atoms with Gasteiger partial charge in [-0.3, -0.25) is 4.79 Å². The summed E-state index contributed by atoms with van der Waals surface area (Å²) in [4.78, 5) is 20.7. The van der Waals surface area contributed by atoms with Crippen LogP contribution in [0.25, 0.3) is 0 Å². The molecule has 1 amide bonds. The summed E-state index contributed by atoms with van der Waals surface area (Å²) in [6, 6.07) is 0.173. The second kappa shape index (κ2) is 7.57. The van der Waals surface area contributed by atoms with Crippen LogP contribution in [-0.2, 0) is 6.42 Å². The number of amides is 1. The van der Waals surface area contributed by atoms with Gasteiger partial charge in [0.1, 0.15) is 5.69 Å². The van der Waals surface area contributed by atoms with Gasteiger partial charge in [0.25, 0.3) is 5.91 Å². The first-order chi connectivity index (χ1) is 8.99. The summed E-state index contributed by atoms with van der Waals surface area (Å²) in [7, 11) is 4.02. The third kappa shape index (κ3) is 4.56. The van der Waals surface area contributed by atoms with Gasteiger partial charge in [-0.2, -0.15) is 0 Å². The topological polar surface area (TPSA) is 62.5 Å². The maximum atomic E-state index is 12.4. The van der Waals surface area contributed by atoms with Gasteiger partial charge in [0, 0.05) is 30.9 Å². The molecule has 1 rings (SSSR count). The van der Waals surface area contributed by atoms with E-state index in [-0.39, 0.29) is 11.9 Å². The van der Waals surface area contributed by atoms with E-state index in [1.54, 1.807) is 0 Å². The highest BCUT2D eigenvalue weighted by atomic mass is 32.1. The quantitative estimate of drug-likeness (QED) is 0.813. The molecular weight excluding hydrogens is 260 g/mol. The van der Waals surface area contributed by atoms with Crippen LogP contribution in [0.3, 0.4) is 0 Å². The van der Waals surface area contributed by atoms with Crippen molar-refractivity contribution in [1.82, 2.24) is 14.8 Å². The third-order valence-corrected chi connectivity index (χ3v) is 3.80. The number of aromatic nitrogens is 1. The summed E-state index contributed by atoms with van der Waals surface area (Å²) in [5.41, 5.74) is 6.04. The van der Waals surface area contributed by atoms with Gasteiger partial charge in [0.2, 0.25) is 0 Å². The van der Waals surface area contributed by atoms with Gasteiger partial charge in [0.15, 0.2) is 0 Å². The first-order valence-electron chi connectivity index (χ1n) is 6.59. The van der Waals surface area contributed by atoms with Crippen LogP contribution in [0.5, 0.6) is 0 Å². The van der Waals surface area contributed by atoms with Crippen molar-refractivity contribution in [3.63, 3.8) is 0 Å². The Hall–Kier alpha value is -0.980. The van der Waals surface area contributed by atoms with E-state index in [0.717, 1.165) is 18.0 Å². The highest BCUT2D eigenvalue weighted by Gasteiger charge is 2.22. The fourth-order valence-corrected chi connectivity index (χ4v) is 2.86. The van der Waals surface area contributed by atoms with Gasteiger partial charge >= 0.3 is 0 Å². The van der Waals surface area contributed by atoms with E-state index in [0.29, 0.717) is 18.8 Å². The maximum absolute atomic E-state index is 12.4. The predicted molar refractivity (Wildman–Crippen MR) is 79.6 cm³/mol. The zero-order chi connectivity index (χ0) is 14.4. The number of likely N-dealkylation sites (N-methyl/N-ethyl adjacent to an activating group) is 2. The molecule has 0 aliphatic rings. The monoisotopic (exact) mass is 284 g/mol. The number of hydrogen-bond acceptors (Lipinski definition) is 5. The van der Waals surface area contributed by atoms with Crippen molar-refractivity contribution >= 4 is 17.2 Å². The zero-order valence-electron chi connectivity index (χ0n) is 12.2. The number of thiazole rings is 1. The van der Waals surface area contributed by atoms with Crippen LogP contribution in [0.1, 0.15) is 29.3 Å². The number of carbonyl (C=O) groups excluding carboxylic acids is 1. The Balaban J connectivity index is 2.76. The fourth-order valence-electron chi connectivity index (χ4n) is 2.08. The minimum atomic E-state index is 0.0105. The van der Waals surface area contributed by atoms with Crippen LogP contribution in [-0.4, -0.2) is 60.5 Å². The molecule has 0 aliphatic carbocycles. The molecular formula is C13H24N4OS. The van der Waals surface area contributed by atoms with E-state index in [2.05, 4.69) is 16.8 Å². The zero-order valence-corrected chi connectivity index (χ0v) is 13.0. The minimum absolute atomic E-state index is 0.0105. The summed E-state index contributed by atoms with van der Waals surface area (Å²) in [5, 5.41) is 2.76. The van der Waals surface area contributed by atoms with Crippen LogP contribution < -0.4 is 5.73 Å². The molecule has 2 N–H and O–H groups in total. The Morgan fingerprint density at radius 1 is 1.53 bits per heavy atom. The molecule has 0 aliphatic heterocycles. The van der Waals surface area contributed by atoms with Crippen LogP contribution in [0.4, 0.5) is 0 Å². The van der Waals surface area contributed by atoms with Crippen molar-refractivity contribution in [3.8, 4) is 0 Å². The Morgan fingerprint density at radius 3 is 2.74 bits per heavy atom. The molecule has 6 heteroatoms. The van der Waals surface area contributed by atoms with E-state index < -0.39 is 0 Å². The molecule has 19 heavy (non-hydrogen) atoms. The van der Waals surface area contributed by atoms with Crippen molar-refractivity contribution in [1.29, 1.82) is 0 Å². The molecule has 0 saturated carbocycles. The third-order valence-electron chi connectivity index (χ3n) is 2.89. The first kappa shape index (κ1) is 16.1. The largest absolute Gasteiger partial charge is 0.334 e. The SMILES string of the molecule is CCN(C(=O)c1csc(CCN)n1)C(C)CN(C)C. The van der Waals surface area contributed by atoms with Gasteiger partial charge in [-0.1, -0.05) is 0 Å². The summed E-state index contributed by atoms with van der Waals surface area (Å²) in [5.74, 6) is 0.0105. The molecule has 0 fully saturated rings. The molecule has 0 aromatic carbocycles. The highest BCUT2D eigenvalue weighted by molar-refractivity contribution is 7.09. The Morgan fingerprint density at radius 2 is 2.21 bits per heavy atom. The van der Waals surface area contributed by atoms with Crippen LogP contribution in [0, 0.1) is 0 Å². The van der Waals surface area contributed by atoms with Crippen LogP contribution in [0.2, 0.25) is 0 Å². The van der Waals surface area contributed by atoms with Crippen molar-refractivity contribution in [2.45, 2.75) is 26.3 Å². The summed E-state index contributed by atoms with van der Waals surface area (Å²) >= 11 is 1.51. The summed E-state index contributed by atoms with van der Waals surface area (Å²) in [6.07, 6.45) is 0.733. The van der Waals surface area contributed by atoms with Gasteiger partial charge in [-0.25, -0.2) is 4.98 Å². The highest BCUT2D eigenvalue weighted by Crippen LogP contribution is 2.14. The first-order valence-corrected chi connectivity index (χ1v) is 7.47. The van der Waals surface area contributed by atoms with Crippen LogP contribution in [0.15, 0.2) is 5.38 Å². The molecule has 1 aromatic heterocycles. The normalized spacial score (nSPS) is 12.7. The van der Waals surface area contributed by atoms with E-state index in [9.17, 15) is 4.79 Å². The van der Waals surface area contributed by atoms with Gasteiger partial charge in [-0.15, -0.1) is 11.3 Å². The number of carbonyl (C=O) groups is 1. The smallest absolute Gasteiger partial charge is 0.273 e. The van der Waals surface area contributed by atoms with Crippen molar-refractivity contribution in [2.24, 2.45) is 5.73 Å². The van der Waals surface area contributed by atoms with Crippen LogP contribution >= 0.6 is 11.3 Å². The number of hydrogen-bond donors (Lipinski definition) is 1. The summed E-state index contributed by atoms with van der Waals surface area (Å²) in [6.45, 7) is 6.17. The average molecular weight is 284 g/mol. The Bertz CT molecular complexity index is 405. The lowest BCUT2D eigenvalue weighted by Crippen LogP contribution is -2.43. The second-order valence-electron chi connectivity index (χ2n) is 4.87. The molecule has 5 nitrogen and oxygen atoms in total. The molecule has 0 saturated heterocycles. The molecule has 1 atom stereocenters. The average Bonchev–Trinajstić information content (AvgIpc) is 2.78. The second-order valence-corrected chi connectivity index (χ2v) is 5.81. The molecule has 0 bridgehead atoms. The molecule has 0 radical (unpaired) electrons. The van der Waals surface area contributed by atoms with Crippen molar-refractivity contribution in [2.75, 3.05) is 33.7 Å². The van der Waals surface area contributed by atoms with E-state index in [1.807, 2.05) is 31.3 Å². The van der Waals surface area contributed by atoms with E-state index >= 15 is 0 Å². The predicted octanol–water partition coefficient (Wildman–Crippen LogP) is 1.06. The lowest BCUT2D eigenvalue weighted by molar-refractivity contribution is 0.0673. The molecule has 1 unspecified atom stereocenters. The molecule has 1 heterocycles. The molecule has 0 spiro atoms. The Kier molecular flexibility index (Phi) is 6.41. The van der Waals surface area contributed by atoms with Crippen molar-refractivity contribution in [3.05, 3.63) is 16.1 Å². The van der Waals surface area contributed by atoms with Gasteiger partial charge in [0.05, 0.1) is 5.01 Å². The number of nitrogens with zero attached hydrogens (tertiary/aromatic N) is 3. The summed E-state index contributed by atoms with van der Waals surface area (Å²) < 4.78 is 0. The number of nitrogens with two attached hydrogens (primary N) is 1. The fraction of sp³-hybridized carbons (Fsp3) is 0.692. The standard InChI is InChI=1S/C13H24N4OS/c1-5-17(10(2)8-16(3)4)13(18)11-9-19-12(15-11)6-7-14/h9-10H,5-8,14H2,1-4H3. The van der Waals surface area contributed by atoms with E-state index in [1.165, 1.54) is 11.3 Å². The number of rotatable bonds is 7. The maximum Gasteiger partial charge on any atom is 0.273 e. The Labute approximate surface area is 119 Å². The minimum Gasteiger partial charge on any atom is -0.334 e. The lowest BCUT2D eigenvalue weighted by Gasteiger charge is -2.29.